The maximum atomic E-state index is 14.0. The number of nitriles is 1. The van der Waals surface area contributed by atoms with Gasteiger partial charge >= 0.3 is 0 Å². The first-order valence-corrected chi connectivity index (χ1v) is 21.1. The lowest BCUT2D eigenvalue weighted by atomic mass is 9.90. The summed E-state index contributed by atoms with van der Waals surface area (Å²) in [6.07, 6.45) is 4.11. The standard InChI is InChI=1S/C43H61BN10O9/c1-8-26(2)39(53(5)38(58)24-46-25-55)34(62-6)19-37(57)54-16-10-13-33(54)40(63-7)27(3)41(59)52-32(14-15-45)18-29-11-9-12-31(17-29)51-36(56)23-49-42(60)28(4)50-43(61)30-21-47-35(20-44)48-22-30/h9,11-12,17,21-22,25-28,32-34,39-40H,8,10,13-14,16,18-20,23-24H2,1-7H3,(H,46,55)(H,49,60)(H,50,61)(H,51,56)(H,52,59). The molecule has 5 N–H and O–H groups in total. The Morgan fingerprint density at radius 3 is 2.38 bits per heavy atom. The Balaban J connectivity index is 1.60. The average molecular weight is 873 g/mol. The van der Waals surface area contributed by atoms with Crippen molar-refractivity contribution in [3.05, 3.63) is 53.6 Å². The van der Waals surface area contributed by atoms with Crippen LogP contribution in [0, 0.1) is 23.2 Å². The second-order valence-electron chi connectivity index (χ2n) is 15.7. The van der Waals surface area contributed by atoms with E-state index in [1.807, 2.05) is 13.8 Å². The molecule has 2 heterocycles. The number of nitrogens with one attached hydrogen (secondary N) is 5. The van der Waals surface area contributed by atoms with Gasteiger partial charge in [0, 0.05) is 51.9 Å². The van der Waals surface area contributed by atoms with Crippen LogP contribution >= 0.6 is 0 Å². The number of benzene rings is 1. The number of hydrogen-bond acceptors (Lipinski definition) is 12. The number of aromatic nitrogens is 2. The Labute approximate surface area is 370 Å². The van der Waals surface area contributed by atoms with Gasteiger partial charge in [0.25, 0.3) is 5.91 Å². The van der Waals surface area contributed by atoms with Gasteiger partial charge in [-0.05, 0) is 56.1 Å². The summed E-state index contributed by atoms with van der Waals surface area (Å²) in [7, 11) is 10.1. The largest absolute Gasteiger partial charge is 0.379 e. The number of anilines is 1. The summed E-state index contributed by atoms with van der Waals surface area (Å²) < 4.78 is 11.7. The van der Waals surface area contributed by atoms with Crippen molar-refractivity contribution in [2.75, 3.05) is 46.2 Å². The molecule has 1 aromatic carbocycles. The third-order valence-electron chi connectivity index (χ3n) is 11.3. The minimum Gasteiger partial charge on any atom is -0.379 e. The molecule has 1 saturated heterocycles. The first kappa shape index (κ1) is 51.4. The van der Waals surface area contributed by atoms with Crippen LogP contribution in [0.4, 0.5) is 5.69 Å². The highest BCUT2D eigenvalue weighted by Gasteiger charge is 2.42. The monoisotopic (exact) mass is 872 g/mol. The van der Waals surface area contributed by atoms with Crippen LogP contribution in [0.15, 0.2) is 36.7 Å². The molecule has 340 valence electrons. The van der Waals surface area contributed by atoms with Gasteiger partial charge < -0.3 is 45.9 Å². The molecule has 8 unspecified atom stereocenters. The van der Waals surface area contributed by atoms with Crippen LogP contribution in [0.5, 0.6) is 0 Å². The van der Waals surface area contributed by atoms with E-state index in [-0.39, 0.29) is 67.9 Å². The van der Waals surface area contributed by atoms with Gasteiger partial charge in [0.05, 0.1) is 75.6 Å². The molecule has 1 aliphatic rings. The molecule has 2 aromatic rings. The SMILES string of the molecule is [B]Cc1ncc(C(=O)NC(C)C(=O)NCC(=O)Nc2cccc(CC(CC#N)NC(=O)C(C)C(OC)C3CCCN3C(=O)CC(OC)C(C(C)CC)N(C)C(=O)CNC=O)c2)cn1. The Morgan fingerprint density at radius 2 is 1.76 bits per heavy atom. The number of hydrogen-bond donors (Lipinski definition) is 5. The molecule has 7 amide bonds. The molecule has 1 fully saturated rings. The average Bonchev–Trinajstić information content (AvgIpc) is 3.77. The highest BCUT2D eigenvalue weighted by molar-refractivity contribution is 6.08. The molecule has 0 spiro atoms. The van der Waals surface area contributed by atoms with Crippen LogP contribution in [0.25, 0.3) is 0 Å². The summed E-state index contributed by atoms with van der Waals surface area (Å²) in [5.74, 6) is -2.94. The number of ether oxygens (including phenoxy) is 2. The van der Waals surface area contributed by atoms with E-state index in [1.54, 1.807) is 43.1 Å². The summed E-state index contributed by atoms with van der Waals surface area (Å²) >= 11 is 0. The van der Waals surface area contributed by atoms with Crippen LogP contribution in [0.3, 0.4) is 0 Å². The van der Waals surface area contributed by atoms with Crippen molar-refractivity contribution in [3.63, 3.8) is 0 Å². The van der Waals surface area contributed by atoms with E-state index in [2.05, 4.69) is 42.6 Å². The molecular formula is C43H61BN10O9. The van der Waals surface area contributed by atoms with Crippen LogP contribution in [-0.4, -0.2) is 147 Å². The summed E-state index contributed by atoms with van der Waals surface area (Å²) in [5, 5.41) is 22.8. The van der Waals surface area contributed by atoms with E-state index in [0.717, 1.165) is 5.56 Å². The molecule has 0 saturated carbocycles. The van der Waals surface area contributed by atoms with Crippen LogP contribution < -0.4 is 26.6 Å². The topological polar surface area (TPSA) is 254 Å². The molecule has 20 heteroatoms. The summed E-state index contributed by atoms with van der Waals surface area (Å²) in [6.45, 7) is 7.05. The van der Waals surface area contributed by atoms with Crippen molar-refractivity contribution in [2.45, 2.75) is 109 Å². The lowest BCUT2D eigenvalue weighted by Crippen LogP contribution is -2.54. The lowest BCUT2D eigenvalue weighted by molar-refractivity contribution is -0.145. The van der Waals surface area contributed by atoms with E-state index in [4.69, 9.17) is 17.3 Å². The zero-order valence-corrected chi connectivity index (χ0v) is 37.2. The van der Waals surface area contributed by atoms with Gasteiger partial charge in [-0.25, -0.2) is 9.97 Å². The fraction of sp³-hybridized carbons (Fsp3) is 0.581. The second-order valence-corrected chi connectivity index (χ2v) is 15.7. The van der Waals surface area contributed by atoms with Crippen molar-refractivity contribution in [3.8, 4) is 6.07 Å². The summed E-state index contributed by atoms with van der Waals surface area (Å²) in [6, 6.07) is 6.57. The molecule has 1 aliphatic heterocycles. The van der Waals surface area contributed by atoms with Gasteiger partial charge in [-0.1, -0.05) is 39.3 Å². The number of amides is 7. The first-order valence-electron chi connectivity index (χ1n) is 21.1. The summed E-state index contributed by atoms with van der Waals surface area (Å²) in [4.78, 5) is 101. The van der Waals surface area contributed by atoms with Gasteiger partial charge in [0.15, 0.2) is 0 Å². The van der Waals surface area contributed by atoms with Gasteiger partial charge in [-0.3, -0.25) is 33.6 Å². The van der Waals surface area contributed by atoms with Crippen molar-refractivity contribution in [1.82, 2.24) is 41.0 Å². The van der Waals surface area contributed by atoms with Gasteiger partial charge in [0.1, 0.15) is 11.9 Å². The highest BCUT2D eigenvalue weighted by Crippen LogP contribution is 2.29. The third-order valence-corrected chi connectivity index (χ3v) is 11.3. The predicted molar refractivity (Wildman–Crippen MR) is 233 cm³/mol. The Hall–Kier alpha value is -5.94. The second kappa shape index (κ2) is 25.9. The molecule has 3 rings (SSSR count). The number of likely N-dealkylation sites (N-methyl/N-ethyl adjacent to an activating group) is 1. The Morgan fingerprint density at radius 1 is 1.05 bits per heavy atom. The van der Waals surface area contributed by atoms with Gasteiger partial charge in [-0.2, -0.15) is 5.26 Å². The predicted octanol–water partition coefficient (Wildman–Crippen LogP) is 0.626. The van der Waals surface area contributed by atoms with Gasteiger partial charge in [-0.15, -0.1) is 0 Å². The number of likely N-dealkylation sites (tertiary alicyclic amines) is 1. The molecule has 0 aliphatic carbocycles. The number of carbonyl (C=O) groups excluding carboxylic acids is 7. The van der Waals surface area contributed by atoms with E-state index in [9.17, 15) is 38.8 Å². The molecule has 2 radical (unpaired) electrons. The number of rotatable bonds is 25. The molecule has 8 atom stereocenters. The van der Waals surface area contributed by atoms with Gasteiger partial charge in [0.2, 0.25) is 35.9 Å². The van der Waals surface area contributed by atoms with E-state index >= 15 is 0 Å². The van der Waals surface area contributed by atoms with Crippen LogP contribution in [0.2, 0.25) is 0 Å². The minimum atomic E-state index is -0.968. The Bertz CT molecular complexity index is 1920. The zero-order chi connectivity index (χ0) is 46.6. The Kier molecular flexibility index (Phi) is 21.1. The highest BCUT2D eigenvalue weighted by atomic mass is 16.5. The quantitative estimate of drug-likeness (QED) is 0.0681. The number of nitrogens with zero attached hydrogens (tertiary/aromatic N) is 5. The third kappa shape index (κ3) is 15.1. The van der Waals surface area contributed by atoms with Crippen molar-refractivity contribution >= 4 is 55.4 Å². The van der Waals surface area contributed by atoms with E-state index in [0.29, 0.717) is 43.7 Å². The summed E-state index contributed by atoms with van der Waals surface area (Å²) in [5.41, 5.74) is 1.29. The molecular weight excluding hydrogens is 811 g/mol. The molecule has 0 bridgehead atoms. The molecule has 1 aromatic heterocycles. The maximum Gasteiger partial charge on any atom is 0.255 e. The van der Waals surface area contributed by atoms with Crippen molar-refractivity contribution in [2.24, 2.45) is 11.8 Å². The number of carbonyl (C=O) groups is 7. The molecule has 63 heavy (non-hydrogen) atoms. The van der Waals surface area contributed by atoms with Crippen LogP contribution in [0.1, 0.15) is 81.5 Å². The maximum absolute atomic E-state index is 14.0. The lowest BCUT2D eigenvalue weighted by Gasteiger charge is -2.39. The van der Waals surface area contributed by atoms with Crippen molar-refractivity contribution in [1.29, 1.82) is 5.26 Å². The smallest absolute Gasteiger partial charge is 0.255 e. The van der Waals surface area contributed by atoms with Crippen molar-refractivity contribution < 1.29 is 43.0 Å². The zero-order valence-electron chi connectivity index (χ0n) is 37.2. The fourth-order valence-electron chi connectivity index (χ4n) is 7.71. The van der Waals surface area contributed by atoms with E-state index < -0.39 is 60.0 Å². The molecule has 19 nitrogen and oxygen atoms in total. The normalized spacial score (nSPS) is 16.7. The first-order chi connectivity index (χ1) is 30.1. The van der Waals surface area contributed by atoms with Crippen LogP contribution in [-0.2, 0) is 51.0 Å². The minimum absolute atomic E-state index is 0.00850. The fourth-order valence-corrected chi connectivity index (χ4v) is 7.71. The van der Waals surface area contributed by atoms with E-state index in [1.165, 1.54) is 38.4 Å². The number of methoxy groups -OCH3 is 2.